The van der Waals surface area contributed by atoms with Gasteiger partial charge in [-0.1, -0.05) is 12.1 Å². The molecule has 1 N–H and O–H groups in total. The van der Waals surface area contributed by atoms with Gasteiger partial charge in [-0.15, -0.1) is 0 Å². The molecule has 2 heterocycles. The van der Waals surface area contributed by atoms with Crippen molar-refractivity contribution in [2.45, 2.75) is 6.10 Å². The first-order valence-corrected chi connectivity index (χ1v) is 6.93. The van der Waals surface area contributed by atoms with Gasteiger partial charge in [0, 0.05) is 12.3 Å². The fraction of sp³-hybridized carbons (Fsp3) is 0.250. The highest BCUT2D eigenvalue weighted by molar-refractivity contribution is 5.93. The Balaban J connectivity index is 1.55. The number of hydrogen-bond donors (Lipinski definition) is 1. The van der Waals surface area contributed by atoms with Crippen LogP contribution >= 0.6 is 0 Å². The lowest BCUT2D eigenvalue weighted by Gasteiger charge is -2.26. The quantitative estimate of drug-likeness (QED) is 0.930. The van der Waals surface area contributed by atoms with Crippen molar-refractivity contribution < 1.29 is 19.0 Å². The van der Waals surface area contributed by atoms with Crippen LogP contribution in [-0.2, 0) is 0 Å². The molecule has 0 aliphatic carbocycles. The van der Waals surface area contributed by atoms with Crippen LogP contribution in [0.25, 0.3) is 0 Å². The van der Waals surface area contributed by atoms with Crippen LogP contribution in [0.3, 0.4) is 0 Å². The molecule has 0 saturated carbocycles. The molecule has 1 aliphatic rings. The third kappa shape index (κ3) is 3.11. The Kier molecular flexibility index (Phi) is 4.09. The standard InChI is InChI=1S/C16H16N2O4/c1-20-15-7-6-11(8-17-15)16(19)18-9-12-10-21-13-4-2-3-5-14(13)22-12/h2-8,12H,9-10H2,1H3,(H,18,19)/t12-/m1/s1. The number of hydrogen-bond acceptors (Lipinski definition) is 5. The Labute approximate surface area is 128 Å². The maximum absolute atomic E-state index is 12.0. The van der Waals surface area contributed by atoms with Crippen molar-refractivity contribution in [2.75, 3.05) is 20.3 Å². The molecule has 1 aromatic heterocycles. The fourth-order valence-corrected chi connectivity index (χ4v) is 2.11. The SMILES string of the molecule is COc1ccc(C(=O)NC[C@@H]2COc3ccccc3O2)cn1. The number of aromatic nitrogens is 1. The molecule has 3 rings (SSSR count). The van der Waals surface area contributed by atoms with E-state index in [-0.39, 0.29) is 12.0 Å². The number of para-hydroxylation sites is 2. The second-order valence-electron chi connectivity index (χ2n) is 4.80. The summed E-state index contributed by atoms with van der Waals surface area (Å²) < 4.78 is 16.3. The van der Waals surface area contributed by atoms with Gasteiger partial charge in [0.25, 0.3) is 5.91 Å². The Morgan fingerprint density at radius 2 is 2.14 bits per heavy atom. The lowest BCUT2D eigenvalue weighted by molar-refractivity contribution is 0.0789. The van der Waals surface area contributed by atoms with E-state index < -0.39 is 0 Å². The number of carbonyl (C=O) groups is 1. The van der Waals surface area contributed by atoms with Crippen molar-refractivity contribution in [1.82, 2.24) is 10.3 Å². The predicted molar refractivity (Wildman–Crippen MR) is 79.5 cm³/mol. The van der Waals surface area contributed by atoms with Crippen LogP contribution in [0, 0.1) is 0 Å². The molecule has 114 valence electrons. The number of methoxy groups -OCH3 is 1. The van der Waals surface area contributed by atoms with Crippen LogP contribution in [0.15, 0.2) is 42.6 Å². The van der Waals surface area contributed by atoms with Crippen molar-refractivity contribution in [3.05, 3.63) is 48.2 Å². The maximum Gasteiger partial charge on any atom is 0.252 e. The molecule has 1 atom stereocenters. The van der Waals surface area contributed by atoms with Gasteiger partial charge in [-0.3, -0.25) is 4.79 Å². The molecule has 1 amide bonds. The van der Waals surface area contributed by atoms with Crippen LogP contribution in [-0.4, -0.2) is 37.3 Å². The van der Waals surface area contributed by atoms with Crippen molar-refractivity contribution in [2.24, 2.45) is 0 Å². The van der Waals surface area contributed by atoms with E-state index in [4.69, 9.17) is 14.2 Å². The number of nitrogens with one attached hydrogen (secondary N) is 1. The average molecular weight is 300 g/mol. The molecule has 1 aromatic carbocycles. The van der Waals surface area contributed by atoms with Gasteiger partial charge < -0.3 is 19.5 Å². The van der Waals surface area contributed by atoms with Gasteiger partial charge in [-0.05, 0) is 18.2 Å². The Hall–Kier alpha value is -2.76. The summed E-state index contributed by atoms with van der Waals surface area (Å²) in [4.78, 5) is 16.0. The lowest BCUT2D eigenvalue weighted by atomic mass is 10.2. The van der Waals surface area contributed by atoms with E-state index in [0.717, 1.165) is 5.75 Å². The smallest absolute Gasteiger partial charge is 0.252 e. The van der Waals surface area contributed by atoms with Gasteiger partial charge >= 0.3 is 0 Å². The van der Waals surface area contributed by atoms with Crippen molar-refractivity contribution in [3.63, 3.8) is 0 Å². The summed E-state index contributed by atoms with van der Waals surface area (Å²) in [5, 5.41) is 2.81. The van der Waals surface area contributed by atoms with Gasteiger partial charge in [0.1, 0.15) is 12.7 Å². The molecule has 0 spiro atoms. The van der Waals surface area contributed by atoms with Crippen LogP contribution in [0.2, 0.25) is 0 Å². The molecule has 1 aliphatic heterocycles. The number of carbonyl (C=O) groups excluding carboxylic acids is 1. The Morgan fingerprint density at radius 3 is 2.86 bits per heavy atom. The number of amides is 1. The summed E-state index contributed by atoms with van der Waals surface area (Å²) in [7, 11) is 1.53. The molecule has 0 bridgehead atoms. The van der Waals surface area contributed by atoms with E-state index in [2.05, 4.69) is 10.3 Å². The highest BCUT2D eigenvalue weighted by atomic mass is 16.6. The summed E-state index contributed by atoms with van der Waals surface area (Å²) >= 11 is 0. The van der Waals surface area contributed by atoms with E-state index in [0.29, 0.717) is 30.3 Å². The third-order valence-electron chi connectivity index (χ3n) is 3.27. The highest BCUT2D eigenvalue weighted by Gasteiger charge is 2.21. The van der Waals surface area contributed by atoms with Gasteiger partial charge in [0.05, 0.1) is 19.2 Å². The predicted octanol–water partition coefficient (Wildman–Crippen LogP) is 1.66. The first-order chi connectivity index (χ1) is 10.8. The molecule has 0 fully saturated rings. The Bertz CT molecular complexity index is 657. The zero-order valence-corrected chi connectivity index (χ0v) is 12.1. The van der Waals surface area contributed by atoms with Crippen LogP contribution in [0.5, 0.6) is 17.4 Å². The first-order valence-electron chi connectivity index (χ1n) is 6.93. The molecule has 6 nitrogen and oxygen atoms in total. The van der Waals surface area contributed by atoms with Crippen LogP contribution in [0.4, 0.5) is 0 Å². The second-order valence-corrected chi connectivity index (χ2v) is 4.80. The number of nitrogens with zero attached hydrogens (tertiary/aromatic N) is 1. The van der Waals surface area contributed by atoms with Crippen molar-refractivity contribution >= 4 is 5.91 Å². The van der Waals surface area contributed by atoms with Crippen molar-refractivity contribution in [3.8, 4) is 17.4 Å². The summed E-state index contributed by atoms with van der Waals surface area (Å²) in [6.45, 7) is 0.761. The summed E-state index contributed by atoms with van der Waals surface area (Å²) in [5.41, 5.74) is 0.470. The number of benzene rings is 1. The van der Waals surface area contributed by atoms with Gasteiger partial charge in [0.2, 0.25) is 5.88 Å². The zero-order valence-electron chi connectivity index (χ0n) is 12.1. The summed E-state index contributed by atoms with van der Waals surface area (Å²) in [6, 6.07) is 10.8. The molecular formula is C16H16N2O4. The topological polar surface area (TPSA) is 69.7 Å². The van der Waals surface area contributed by atoms with E-state index in [9.17, 15) is 4.79 Å². The number of pyridine rings is 1. The van der Waals surface area contributed by atoms with Crippen LogP contribution in [0.1, 0.15) is 10.4 Å². The molecule has 22 heavy (non-hydrogen) atoms. The number of rotatable bonds is 4. The van der Waals surface area contributed by atoms with Gasteiger partial charge in [-0.25, -0.2) is 4.98 Å². The summed E-state index contributed by atoms with van der Waals surface area (Å²) in [6.07, 6.45) is 1.26. The van der Waals surface area contributed by atoms with E-state index >= 15 is 0 Å². The fourth-order valence-electron chi connectivity index (χ4n) is 2.11. The minimum absolute atomic E-state index is 0.211. The Morgan fingerprint density at radius 1 is 1.32 bits per heavy atom. The van der Waals surface area contributed by atoms with E-state index in [1.165, 1.54) is 13.3 Å². The van der Waals surface area contributed by atoms with Crippen LogP contribution < -0.4 is 19.5 Å². The highest BCUT2D eigenvalue weighted by Crippen LogP contribution is 2.30. The molecular weight excluding hydrogens is 284 g/mol. The monoisotopic (exact) mass is 300 g/mol. The van der Waals surface area contributed by atoms with E-state index in [1.807, 2.05) is 24.3 Å². The normalized spacial score (nSPS) is 16.0. The third-order valence-corrected chi connectivity index (χ3v) is 3.27. The van der Waals surface area contributed by atoms with Crippen molar-refractivity contribution in [1.29, 1.82) is 0 Å². The minimum Gasteiger partial charge on any atom is -0.486 e. The molecule has 0 unspecified atom stereocenters. The maximum atomic E-state index is 12.0. The van der Waals surface area contributed by atoms with E-state index in [1.54, 1.807) is 12.1 Å². The first kappa shape index (κ1) is 14.2. The minimum atomic E-state index is -0.218. The largest absolute Gasteiger partial charge is 0.486 e. The number of ether oxygens (including phenoxy) is 3. The molecule has 0 radical (unpaired) electrons. The van der Waals surface area contributed by atoms with Gasteiger partial charge in [-0.2, -0.15) is 0 Å². The zero-order chi connectivity index (χ0) is 15.4. The lowest BCUT2D eigenvalue weighted by Crippen LogP contribution is -2.40. The summed E-state index contributed by atoms with van der Waals surface area (Å²) in [5.74, 6) is 1.68. The second kappa shape index (κ2) is 6.34. The number of fused-ring (bicyclic) bond motifs is 1. The van der Waals surface area contributed by atoms with Gasteiger partial charge in [0.15, 0.2) is 11.5 Å². The molecule has 2 aromatic rings. The molecule has 0 saturated heterocycles. The molecule has 6 heteroatoms. The average Bonchev–Trinajstić information content (AvgIpc) is 2.59.